The Hall–Kier alpha value is -2.19. The number of para-hydroxylation sites is 1. The summed E-state index contributed by atoms with van der Waals surface area (Å²) in [5.74, 6) is 0.285. The highest BCUT2D eigenvalue weighted by atomic mass is 32.2. The molecule has 0 aliphatic carbocycles. The van der Waals surface area contributed by atoms with Crippen molar-refractivity contribution in [2.45, 2.75) is 31.2 Å². The number of hydrogen-bond acceptors (Lipinski definition) is 5. The van der Waals surface area contributed by atoms with Gasteiger partial charge < -0.3 is 10.6 Å². The molecule has 2 N–H and O–H groups in total. The summed E-state index contributed by atoms with van der Waals surface area (Å²) in [7, 11) is -3.68. The van der Waals surface area contributed by atoms with Crippen molar-refractivity contribution in [3.63, 3.8) is 0 Å². The van der Waals surface area contributed by atoms with E-state index in [2.05, 4.69) is 15.0 Å². The molecule has 1 aliphatic heterocycles. The molecule has 8 heteroatoms. The molecule has 1 aromatic carbocycles. The van der Waals surface area contributed by atoms with Gasteiger partial charge in [0.05, 0.1) is 12.2 Å². The maximum atomic E-state index is 12.2. The second-order valence-electron chi connectivity index (χ2n) is 6.00. The standard InChI is InChI=1S/C17H19N3O3S2/c1-12(10-17(21)18-11-13-5-4-8-24-13)9-16-19-14-6-2-3-7-15(14)25(22,23)20-16/h2-8,12H,9-11H2,1H3,(H,18,21)(H,19,20)/t12-/m0/s1. The smallest absolute Gasteiger partial charge is 0.286 e. The number of benzene rings is 1. The minimum atomic E-state index is -3.68. The highest BCUT2D eigenvalue weighted by molar-refractivity contribution is 7.90. The number of carbonyl (C=O) groups excluding carboxylic acids is 1. The number of carbonyl (C=O) groups is 1. The normalized spacial score (nSPS) is 16.3. The maximum absolute atomic E-state index is 12.2. The maximum Gasteiger partial charge on any atom is 0.286 e. The first kappa shape index (κ1) is 17.6. The second kappa shape index (κ2) is 7.37. The van der Waals surface area contributed by atoms with Gasteiger partial charge in [-0.15, -0.1) is 15.7 Å². The zero-order chi connectivity index (χ0) is 17.9. The number of amidine groups is 1. The predicted octanol–water partition coefficient (Wildman–Crippen LogP) is 2.99. The lowest BCUT2D eigenvalue weighted by Gasteiger charge is -2.20. The number of rotatable bonds is 6. The van der Waals surface area contributed by atoms with E-state index < -0.39 is 10.0 Å². The van der Waals surface area contributed by atoms with Crippen molar-refractivity contribution < 1.29 is 13.2 Å². The van der Waals surface area contributed by atoms with Gasteiger partial charge in [0.2, 0.25) is 5.91 Å². The SMILES string of the molecule is C[C@H](CC(=O)NCc1cccs1)CC1=NS(=O)(=O)c2ccccc2N1. The Morgan fingerprint density at radius 2 is 2.08 bits per heavy atom. The van der Waals surface area contributed by atoms with Gasteiger partial charge in [-0.3, -0.25) is 4.79 Å². The number of amides is 1. The highest BCUT2D eigenvalue weighted by Gasteiger charge is 2.25. The van der Waals surface area contributed by atoms with Crippen molar-refractivity contribution in [1.29, 1.82) is 0 Å². The number of anilines is 1. The third-order valence-electron chi connectivity index (χ3n) is 3.79. The molecular weight excluding hydrogens is 358 g/mol. The third-order valence-corrected chi connectivity index (χ3v) is 6.04. The zero-order valence-corrected chi connectivity index (χ0v) is 15.4. The largest absolute Gasteiger partial charge is 0.351 e. The lowest BCUT2D eigenvalue weighted by Crippen LogP contribution is -2.27. The molecule has 1 atom stereocenters. The van der Waals surface area contributed by atoms with Crippen molar-refractivity contribution in [3.05, 3.63) is 46.7 Å². The van der Waals surface area contributed by atoms with E-state index in [-0.39, 0.29) is 16.7 Å². The van der Waals surface area contributed by atoms with Crippen LogP contribution in [0.15, 0.2) is 51.1 Å². The van der Waals surface area contributed by atoms with Crippen LogP contribution in [0.2, 0.25) is 0 Å². The molecule has 2 aromatic rings. The summed E-state index contributed by atoms with van der Waals surface area (Å²) in [6.45, 7) is 2.42. The van der Waals surface area contributed by atoms with Gasteiger partial charge in [0.25, 0.3) is 10.0 Å². The average molecular weight is 377 g/mol. The van der Waals surface area contributed by atoms with Crippen molar-refractivity contribution >= 4 is 38.8 Å². The zero-order valence-electron chi connectivity index (χ0n) is 13.7. The van der Waals surface area contributed by atoms with Gasteiger partial charge in [0, 0.05) is 17.7 Å². The molecule has 1 aliphatic rings. The van der Waals surface area contributed by atoms with Crippen LogP contribution < -0.4 is 10.6 Å². The number of nitrogens with one attached hydrogen (secondary N) is 2. The molecule has 0 unspecified atom stereocenters. The van der Waals surface area contributed by atoms with Gasteiger partial charge in [-0.1, -0.05) is 25.1 Å². The van der Waals surface area contributed by atoms with E-state index in [1.807, 2.05) is 24.4 Å². The summed E-state index contributed by atoms with van der Waals surface area (Å²) in [5.41, 5.74) is 0.529. The number of fused-ring (bicyclic) bond motifs is 1. The number of sulfonamides is 1. The Balaban J connectivity index is 1.57. The second-order valence-corrected chi connectivity index (χ2v) is 8.61. The molecule has 0 fully saturated rings. The van der Waals surface area contributed by atoms with Gasteiger partial charge >= 0.3 is 0 Å². The topological polar surface area (TPSA) is 87.6 Å². The minimum absolute atomic E-state index is 0.0324. The van der Waals surface area contributed by atoms with Gasteiger partial charge in [-0.05, 0) is 29.5 Å². The first-order chi connectivity index (χ1) is 11.9. The molecule has 0 saturated carbocycles. The first-order valence-corrected chi connectivity index (χ1v) is 10.2. The fourth-order valence-electron chi connectivity index (χ4n) is 2.65. The van der Waals surface area contributed by atoms with Gasteiger partial charge in [0.15, 0.2) is 0 Å². The van der Waals surface area contributed by atoms with E-state index >= 15 is 0 Å². The fourth-order valence-corrected chi connectivity index (χ4v) is 4.45. The van der Waals surface area contributed by atoms with Gasteiger partial charge in [-0.2, -0.15) is 8.42 Å². The predicted molar refractivity (Wildman–Crippen MR) is 99.2 cm³/mol. The van der Waals surface area contributed by atoms with E-state index in [0.29, 0.717) is 30.9 Å². The summed E-state index contributed by atoms with van der Waals surface area (Å²) in [5, 5.41) is 7.90. The average Bonchev–Trinajstić information content (AvgIpc) is 3.05. The van der Waals surface area contributed by atoms with Crippen molar-refractivity contribution in [2.75, 3.05) is 5.32 Å². The Labute approximate surface area is 151 Å². The molecule has 0 bridgehead atoms. The molecule has 2 heterocycles. The van der Waals surface area contributed by atoms with Crippen LogP contribution >= 0.6 is 11.3 Å². The molecule has 0 spiro atoms. The van der Waals surface area contributed by atoms with Crippen LogP contribution in [0.25, 0.3) is 0 Å². The Bertz CT molecular complexity index is 890. The van der Waals surface area contributed by atoms with Crippen LogP contribution in [0.4, 0.5) is 5.69 Å². The summed E-state index contributed by atoms with van der Waals surface area (Å²) >= 11 is 1.59. The molecular formula is C17H19N3O3S2. The van der Waals surface area contributed by atoms with Gasteiger partial charge in [0.1, 0.15) is 10.7 Å². The number of hydrogen-bond donors (Lipinski definition) is 2. The van der Waals surface area contributed by atoms with Gasteiger partial charge in [-0.25, -0.2) is 0 Å². The monoisotopic (exact) mass is 377 g/mol. The van der Waals surface area contributed by atoms with Crippen molar-refractivity contribution in [2.24, 2.45) is 10.3 Å². The molecule has 1 aromatic heterocycles. The van der Waals surface area contributed by atoms with Crippen molar-refractivity contribution in [1.82, 2.24) is 5.32 Å². The minimum Gasteiger partial charge on any atom is -0.351 e. The molecule has 1 amide bonds. The summed E-state index contributed by atoms with van der Waals surface area (Å²) in [6, 6.07) is 10.6. The fraction of sp³-hybridized carbons (Fsp3) is 0.294. The van der Waals surface area contributed by atoms with E-state index in [1.54, 1.807) is 29.5 Å². The number of thiophene rings is 1. The van der Waals surface area contributed by atoms with Crippen LogP contribution in [0.5, 0.6) is 0 Å². The number of nitrogens with zero attached hydrogens (tertiary/aromatic N) is 1. The van der Waals surface area contributed by atoms with Crippen molar-refractivity contribution in [3.8, 4) is 0 Å². The van der Waals surface area contributed by atoms with Crippen LogP contribution in [-0.4, -0.2) is 20.2 Å². The Kier molecular flexibility index (Phi) is 5.19. The van der Waals surface area contributed by atoms with Crippen LogP contribution in [0.1, 0.15) is 24.6 Å². The van der Waals surface area contributed by atoms with Crippen LogP contribution in [-0.2, 0) is 21.4 Å². The lowest BCUT2D eigenvalue weighted by molar-refractivity contribution is -0.122. The van der Waals surface area contributed by atoms with Crippen LogP contribution in [0, 0.1) is 5.92 Å². The van der Waals surface area contributed by atoms with E-state index in [4.69, 9.17) is 0 Å². The van der Waals surface area contributed by atoms with E-state index in [9.17, 15) is 13.2 Å². The Morgan fingerprint density at radius 3 is 2.84 bits per heavy atom. The van der Waals surface area contributed by atoms with E-state index in [0.717, 1.165) is 4.88 Å². The summed E-state index contributed by atoms with van der Waals surface area (Å²) in [6.07, 6.45) is 0.702. The molecule has 132 valence electrons. The quantitative estimate of drug-likeness (QED) is 0.810. The molecule has 25 heavy (non-hydrogen) atoms. The highest BCUT2D eigenvalue weighted by Crippen LogP contribution is 2.28. The third kappa shape index (κ3) is 4.46. The molecule has 6 nitrogen and oxygen atoms in total. The molecule has 0 saturated heterocycles. The summed E-state index contributed by atoms with van der Waals surface area (Å²) in [4.78, 5) is 13.3. The molecule has 3 rings (SSSR count). The molecule has 0 radical (unpaired) electrons. The van der Waals surface area contributed by atoms with E-state index in [1.165, 1.54) is 6.07 Å². The lowest BCUT2D eigenvalue weighted by atomic mass is 10.0. The summed E-state index contributed by atoms with van der Waals surface area (Å²) < 4.78 is 28.3. The Morgan fingerprint density at radius 1 is 1.28 bits per heavy atom. The van der Waals surface area contributed by atoms with Crippen LogP contribution in [0.3, 0.4) is 0 Å². The first-order valence-electron chi connectivity index (χ1n) is 7.93.